The van der Waals surface area contributed by atoms with E-state index in [1.807, 2.05) is 45.0 Å². The second kappa shape index (κ2) is 10.3. The molecule has 0 spiro atoms. The van der Waals surface area contributed by atoms with Gasteiger partial charge in [-0.3, -0.25) is 9.59 Å². The first-order valence-corrected chi connectivity index (χ1v) is 11.9. The largest absolute Gasteiger partial charge is 0.507 e. The van der Waals surface area contributed by atoms with Crippen LogP contribution in [0.15, 0.2) is 48.0 Å². The molecule has 0 saturated carbocycles. The maximum Gasteiger partial charge on any atom is 0.295 e. The number of aliphatic hydroxyl groups is 1. The van der Waals surface area contributed by atoms with E-state index >= 15 is 0 Å². The zero-order valence-corrected chi connectivity index (χ0v) is 21.0. The lowest BCUT2D eigenvalue weighted by atomic mass is 9.85. The fourth-order valence-electron chi connectivity index (χ4n) is 4.24. The number of aliphatic hydroxyl groups excluding tert-OH is 1. The zero-order chi connectivity index (χ0) is 25.0. The number of ketones is 1. The fraction of sp³-hybridized carbons (Fsp3) is 0.429. The van der Waals surface area contributed by atoms with Gasteiger partial charge in [-0.2, -0.15) is 0 Å². The topological polar surface area (TPSA) is 76.1 Å². The average molecular weight is 466 g/mol. The number of benzene rings is 2. The molecule has 6 nitrogen and oxygen atoms in total. The Morgan fingerprint density at radius 2 is 1.62 bits per heavy atom. The summed E-state index contributed by atoms with van der Waals surface area (Å²) >= 11 is 0. The van der Waals surface area contributed by atoms with E-state index in [0.29, 0.717) is 43.2 Å². The van der Waals surface area contributed by atoms with Crippen molar-refractivity contribution in [2.24, 2.45) is 0 Å². The third-order valence-corrected chi connectivity index (χ3v) is 5.92. The first-order chi connectivity index (χ1) is 16.1. The minimum atomic E-state index is -0.688. The summed E-state index contributed by atoms with van der Waals surface area (Å²) in [6, 6.07) is 12.3. The maximum atomic E-state index is 13.2. The lowest BCUT2D eigenvalue weighted by molar-refractivity contribution is -0.139. The van der Waals surface area contributed by atoms with Crippen molar-refractivity contribution < 1.29 is 24.2 Å². The van der Waals surface area contributed by atoms with Crippen LogP contribution < -0.4 is 9.47 Å². The molecule has 1 amide bonds. The Labute approximate surface area is 202 Å². The van der Waals surface area contributed by atoms with Crippen molar-refractivity contribution in [3.8, 4) is 11.5 Å². The monoisotopic (exact) mass is 465 g/mol. The molecule has 2 aromatic rings. The van der Waals surface area contributed by atoms with E-state index in [1.165, 1.54) is 0 Å². The molecular weight excluding hydrogens is 430 g/mol. The Morgan fingerprint density at radius 3 is 2.18 bits per heavy atom. The van der Waals surface area contributed by atoms with E-state index in [0.717, 1.165) is 11.1 Å². The van der Waals surface area contributed by atoms with Crippen LogP contribution in [0.5, 0.6) is 11.5 Å². The third-order valence-electron chi connectivity index (χ3n) is 5.92. The number of nitrogens with zero attached hydrogens (tertiary/aromatic N) is 1. The summed E-state index contributed by atoms with van der Waals surface area (Å²) in [5, 5.41) is 11.4. The first-order valence-electron chi connectivity index (χ1n) is 11.9. The standard InChI is InChI=1S/C28H35NO5/c1-7-16-29-24(18-10-12-19(13-11-18)28(4,5)6)23(26(31)27(29)32)25(30)21-15-14-20(33-8-2)17-22(21)34-9-3/h10-15,17,24,30H,7-9,16H2,1-6H3/b25-23-. The molecule has 0 radical (unpaired) electrons. The highest BCUT2D eigenvalue weighted by atomic mass is 16.5. The van der Waals surface area contributed by atoms with Gasteiger partial charge in [0.2, 0.25) is 0 Å². The minimum absolute atomic E-state index is 0.0293. The van der Waals surface area contributed by atoms with Gasteiger partial charge >= 0.3 is 0 Å². The molecule has 6 heteroatoms. The van der Waals surface area contributed by atoms with Crippen molar-refractivity contribution in [1.82, 2.24) is 4.90 Å². The first kappa shape index (κ1) is 25.3. The number of likely N-dealkylation sites (tertiary alicyclic amines) is 1. The Kier molecular flexibility index (Phi) is 7.70. The normalized spacial score (nSPS) is 17.8. The number of rotatable bonds is 8. The van der Waals surface area contributed by atoms with Crippen LogP contribution in [0.25, 0.3) is 5.76 Å². The van der Waals surface area contributed by atoms with E-state index in [9.17, 15) is 14.7 Å². The molecule has 0 aromatic heterocycles. The molecule has 182 valence electrons. The van der Waals surface area contributed by atoms with Crippen LogP contribution in [-0.2, 0) is 15.0 Å². The lowest BCUT2D eigenvalue weighted by Crippen LogP contribution is -2.30. The van der Waals surface area contributed by atoms with Gasteiger partial charge in [-0.25, -0.2) is 0 Å². The summed E-state index contributed by atoms with van der Waals surface area (Å²) in [6.07, 6.45) is 0.691. The van der Waals surface area contributed by atoms with Gasteiger partial charge in [0.1, 0.15) is 17.3 Å². The molecule has 2 aromatic carbocycles. The molecule has 1 N–H and O–H groups in total. The third kappa shape index (κ3) is 4.96. The van der Waals surface area contributed by atoms with Gasteiger partial charge in [-0.05, 0) is 48.9 Å². The van der Waals surface area contributed by atoms with Crippen LogP contribution in [0.2, 0.25) is 0 Å². The lowest BCUT2D eigenvalue weighted by Gasteiger charge is -2.26. The predicted molar refractivity (Wildman–Crippen MR) is 133 cm³/mol. The Hall–Kier alpha value is -3.28. The average Bonchev–Trinajstić information content (AvgIpc) is 3.04. The predicted octanol–water partition coefficient (Wildman–Crippen LogP) is 5.61. The molecule has 1 heterocycles. The van der Waals surface area contributed by atoms with Crippen LogP contribution in [-0.4, -0.2) is 41.5 Å². The van der Waals surface area contributed by atoms with E-state index < -0.39 is 17.7 Å². The van der Waals surface area contributed by atoms with E-state index in [-0.39, 0.29) is 16.7 Å². The quantitative estimate of drug-likeness (QED) is 0.311. The summed E-state index contributed by atoms with van der Waals surface area (Å²) in [4.78, 5) is 27.7. The molecule has 1 fully saturated rings. The number of carbonyl (C=O) groups excluding carboxylic acids is 2. The maximum absolute atomic E-state index is 13.2. The molecule has 1 saturated heterocycles. The highest BCUT2D eigenvalue weighted by Gasteiger charge is 2.46. The molecule has 0 aliphatic carbocycles. The van der Waals surface area contributed by atoms with Crippen LogP contribution in [0.4, 0.5) is 0 Å². The van der Waals surface area contributed by atoms with Gasteiger partial charge in [-0.15, -0.1) is 0 Å². The SMILES string of the molecule is CCCN1C(=O)C(=O)/C(=C(\O)c2ccc(OCC)cc2OCC)C1c1ccc(C(C)(C)C)cc1. The molecule has 1 atom stereocenters. The summed E-state index contributed by atoms with van der Waals surface area (Å²) in [5.74, 6) is -0.532. The molecule has 3 rings (SSSR count). The Balaban J connectivity index is 2.18. The van der Waals surface area contributed by atoms with Gasteiger partial charge in [-0.1, -0.05) is 52.0 Å². The van der Waals surface area contributed by atoms with Crippen molar-refractivity contribution in [1.29, 1.82) is 0 Å². The molecule has 1 unspecified atom stereocenters. The highest BCUT2D eigenvalue weighted by molar-refractivity contribution is 6.46. The summed E-state index contributed by atoms with van der Waals surface area (Å²) in [6.45, 7) is 13.3. The van der Waals surface area contributed by atoms with E-state index in [2.05, 4.69) is 20.8 Å². The van der Waals surface area contributed by atoms with Gasteiger partial charge in [0.25, 0.3) is 11.7 Å². The molecule has 1 aliphatic rings. The Morgan fingerprint density at radius 1 is 0.971 bits per heavy atom. The summed E-state index contributed by atoms with van der Waals surface area (Å²) in [7, 11) is 0. The molecule has 34 heavy (non-hydrogen) atoms. The van der Waals surface area contributed by atoms with Crippen LogP contribution >= 0.6 is 0 Å². The molecular formula is C28H35NO5. The Bertz CT molecular complexity index is 1080. The zero-order valence-electron chi connectivity index (χ0n) is 21.0. The van der Waals surface area contributed by atoms with Crippen LogP contribution in [0.3, 0.4) is 0 Å². The van der Waals surface area contributed by atoms with Crippen LogP contribution in [0, 0.1) is 0 Å². The summed E-state index contributed by atoms with van der Waals surface area (Å²) in [5.41, 5.74) is 2.33. The number of amides is 1. The second-order valence-electron chi connectivity index (χ2n) is 9.39. The molecule has 0 bridgehead atoms. The van der Waals surface area contributed by atoms with E-state index in [4.69, 9.17) is 9.47 Å². The van der Waals surface area contributed by atoms with Gasteiger partial charge in [0, 0.05) is 12.6 Å². The number of Topliss-reactive ketones (excluding diaryl/α,β-unsaturated/α-hetero) is 1. The van der Waals surface area contributed by atoms with Gasteiger partial charge in [0.05, 0.1) is 30.4 Å². The fourth-order valence-corrected chi connectivity index (χ4v) is 4.24. The van der Waals surface area contributed by atoms with E-state index in [1.54, 1.807) is 23.1 Å². The molecule has 1 aliphatic heterocycles. The van der Waals surface area contributed by atoms with Crippen molar-refractivity contribution in [3.05, 3.63) is 64.7 Å². The minimum Gasteiger partial charge on any atom is -0.507 e. The van der Waals surface area contributed by atoms with Crippen molar-refractivity contribution in [2.45, 2.75) is 59.4 Å². The van der Waals surface area contributed by atoms with Gasteiger partial charge < -0.3 is 19.5 Å². The number of hydrogen-bond acceptors (Lipinski definition) is 5. The summed E-state index contributed by atoms with van der Waals surface area (Å²) < 4.78 is 11.3. The smallest absolute Gasteiger partial charge is 0.295 e. The van der Waals surface area contributed by atoms with Crippen molar-refractivity contribution in [2.75, 3.05) is 19.8 Å². The number of carbonyl (C=O) groups is 2. The second-order valence-corrected chi connectivity index (χ2v) is 9.39. The highest BCUT2D eigenvalue weighted by Crippen LogP contribution is 2.42. The number of hydrogen-bond donors (Lipinski definition) is 1. The van der Waals surface area contributed by atoms with Gasteiger partial charge in [0.15, 0.2) is 0 Å². The number of ether oxygens (including phenoxy) is 2. The van der Waals surface area contributed by atoms with Crippen molar-refractivity contribution in [3.63, 3.8) is 0 Å². The van der Waals surface area contributed by atoms with Crippen molar-refractivity contribution >= 4 is 17.4 Å². The van der Waals surface area contributed by atoms with Crippen LogP contribution in [0.1, 0.15) is 70.7 Å².